The standard InChI is InChI=1S/2Li.2Nb.5O.2H/q2*+1;2*+5;5*-2;2*-1. The van der Waals surface area contributed by atoms with Gasteiger partial charge in [0.2, 0.25) is 0 Å². The van der Waals surface area contributed by atoms with Gasteiger partial charge < -0.3 is 30.2 Å². The van der Waals surface area contributed by atoms with Gasteiger partial charge in [-0.2, -0.15) is 0 Å². The van der Waals surface area contributed by atoms with Gasteiger partial charge in [-0.15, -0.1) is 0 Å². The van der Waals surface area contributed by atoms with Crippen LogP contribution in [0.4, 0.5) is 0 Å². The molecule has 44 valence electrons. The van der Waals surface area contributed by atoms with Crippen LogP contribution in [0.1, 0.15) is 2.85 Å². The van der Waals surface area contributed by atoms with Crippen molar-refractivity contribution in [3.05, 3.63) is 0 Å². The Labute approximate surface area is 112 Å². The molecule has 0 aromatic rings. The average Bonchev–Trinajstić information content (AvgIpc) is 0. The molecule has 0 aliphatic rings. The predicted molar refractivity (Wildman–Crippen MR) is 5.66 cm³/mol. The first-order valence-corrected chi connectivity index (χ1v) is 0. The average molecular weight is 282 g/mol. The van der Waals surface area contributed by atoms with Crippen LogP contribution in [0, 0.1) is 0 Å². The maximum Gasteiger partial charge on any atom is 5.00 e. The van der Waals surface area contributed by atoms with Gasteiger partial charge in [0, 0.05) is 0 Å². The Morgan fingerprint density at radius 1 is 0.444 bits per heavy atom. The number of hydrogen-bond donors (Lipinski definition) is 0. The van der Waals surface area contributed by atoms with Gasteiger partial charge in [0.25, 0.3) is 0 Å². The summed E-state index contributed by atoms with van der Waals surface area (Å²) < 4.78 is 0. The Balaban J connectivity index is 0. The molecule has 0 heterocycles. The topological polar surface area (TPSA) is 142 Å². The second-order valence-corrected chi connectivity index (χ2v) is 0. The van der Waals surface area contributed by atoms with Crippen LogP contribution in [0.2, 0.25) is 0 Å². The van der Waals surface area contributed by atoms with Crippen molar-refractivity contribution in [2.24, 2.45) is 0 Å². The zero-order valence-electron chi connectivity index (χ0n) is 6.94. The van der Waals surface area contributed by atoms with Gasteiger partial charge in [-0.1, -0.05) is 0 Å². The maximum absolute atomic E-state index is 0. The molecule has 0 atom stereocenters. The summed E-state index contributed by atoms with van der Waals surface area (Å²) in [7, 11) is 0. The molecule has 0 radical (unpaired) electrons. The maximum atomic E-state index is 0. The molecule has 0 aliphatic carbocycles. The fourth-order valence-corrected chi connectivity index (χ4v) is 0. The van der Waals surface area contributed by atoms with Gasteiger partial charge in [0.1, 0.15) is 0 Å². The van der Waals surface area contributed by atoms with E-state index in [2.05, 4.69) is 0 Å². The molecule has 0 bridgehead atoms. The Bertz CT molecular complexity index is 20.4. The van der Waals surface area contributed by atoms with Gasteiger partial charge in [-0.25, -0.2) is 0 Å². The Morgan fingerprint density at radius 3 is 0.444 bits per heavy atom. The Kier molecular flexibility index (Phi) is 3500. The van der Waals surface area contributed by atoms with Crippen molar-refractivity contribution in [3.8, 4) is 0 Å². The van der Waals surface area contributed by atoms with Crippen molar-refractivity contribution >= 4 is 0 Å². The van der Waals surface area contributed by atoms with Crippen LogP contribution in [0.25, 0.3) is 0 Å². The zero-order valence-corrected chi connectivity index (χ0v) is 9.33. The first kappa shape index (κ1) is 206. The molecule has 0 aliphatic heterocycles. The SMILES string of the molecule is [H-].[H-].[Li+].[Li+].[Nb+5].[Nb+5].[O-2].[O-2].[O-2].[O-2].[O-2]. The summed E-state index contributed by atoms with van der Waals surface area (Å²) in [6.45, 7) is 0. The fraction of sp³-hybridized carbons (Fsp3) is 0. The van der Waals surface area contributed by atoms with E-state index >= 15 is 0 Å². The van der Waals surface area contributed by atoms with Gasteiger partial charge in [-0.05, 0) is 0 Å². The van der Waals surface area contributed by atoms with Gasteiger partial charge in [0.05, 0.1) is 0 Å². The molecule has 0 amide bonds. The summed E-state index contributed by atoms with van der Waals surface area (Å²) >= 11 is 0. The van der Waals surface area contributed by atoms with Gasteiger partial charge in [-0.3, -0.25) is 0 Å². The summed E-state index contributed by atoms with van der Waals surface area (Å²) in [5.41, 5.74) is 0. The van der Waals surface area contributed by atoms with Crippen molar-refractivity contribution in [1.29, 1.82) is 0 Å². The van der Waals surface area contributed by atoms with Crippen molar-refractivity contribution in [1.82, 2.24) is 0 Å². The summed E-state index contributed by atoms with van der Waals surface area (Å²) in [4.78, 5) is 0. The summed E-state index contributed by atoms with van der Waals surface area (Å²) in [5, 5.41) is 0. The molecular weight excluding hydrogens is 280 g/mol. The van der Waals surface area contributed by atoms with E-state index in [4.69, 9.17) is 0 Å². The number of rotatable bonds is 0. The van der Waals surface area contributed by atoms with Crippen LogP contribution in [-0.4, -0.2) is 0 Å². The molecule has 0 aromatic heterocycles. The minimum Gasteiger partial charge on any atom is -2.00 e. The normalized spacial score (nSPS) is 0. The smallest absolute Gasteiger partial charge is 2.00 e. The third-order valence-corrected chi connectivity index (χ3v) is 0. The summed E-state index contributed by atoms with van der Waals surface area (Å²) in [6.07, 6.45) is 0. The second-order valence-electron chi connectivity index (χ2n) is 0. The van der Waals surface area contributed by atoms with E-state index in [0.29, 0.717) is 0 Å². The van der Waals surface area contributed by atoms with E-state index in [1.165, 1.54) is 0 Å². The molecular formula is H2Li2Nb2O5. The summed E-state index contributed by atoms with van der Waals surface area (Å²) in [6, 6.07) is 0. The zero-order chi connectivity index (χ0) is 0. The first-order chi connectivity index (χ1) is 0. The van der Waals surface area contributed by atoms with Crippen LogP contribution in [0.3, 0.4) is 0 Å². The van der Waals surface area contributed by atoms with Crippen LogP contribution >= 0.6 is 0 Å². The molecule has 0 aromatic carbocycles. The second kappa shape index (κ2) is 153. The van der Waals surface area contributed by atoms with Crippen molar-refractivity contribution in [2.75, 3.05) is 0 Å². The third-order valence-electron chi connectivity index (χ3n) is 0. The van der Waals surface area contributed by atoms with Crippen molar-refractivity contribution in [2.45, 2.75) is 0 Å². The first-order valence-electron chi connectivity index (χ1n) is 0. The van der Waals surface area contributed by atoms with Crippen LogP contribution in [0.15, 0.2) is 0 Å². The van der Waals surface area contributed by atoms with Gasteiger partial charge >= 0.3 is 82.5 Å². The minimum absolute atomic E-state index is 0. The van der Waals surface area contributed by atoms with E-state index in [1.54, 1.807) is 0 Å². The van der Waals surface area contributed by atoms with Crippen LogP contribution < -0.4 is 37.7 Å². The molecule has 0 rings (SSSR count). The van der Waals surface area contributed by atoms with Crippen LogP contribution in [0.5, 0.6) is 0 Å². The molecule has 0 N–H and O–H groups in total. The molecule has 0 spiro atoms. The molecule has 9 heavy (non-hydrogen) atoms. The van der Waals surface area contributed by atoms with E-state index in [0.717, 1.165) is 0 Å². The monoisotopic (exact) mass is 282 g/mol. The van der Waals surface area contributed by atoms with E-state index < -0.39 is 0 Å². The fourth-order valence-electron chi connectivity index (χ4n) is 0. The van der Waals surface area contributed by atoms with E-state index in [1.807, 2.05) is 0 Å². The molecule has 0 fully saturated rings. The largest absolute Gasteiger partial charge is 5.00 e. The quantitative estimate of drug-likeness (QED) is 0.389. The minimum atomic E-state index is 0. The van der Waals surface area contributed by atoms with Crippen LogP contribution in [-0.2, 0) is 72.1 Å². The predicted octanol–water partition coefficient (Wildman–Crippen LogP) is -6.37. The van der Waals surface area contributed by atoms with E-state index in [-0.39, 0.29) is 113 Å². The molecule has 0 saturated heterocycles. The van der Waals surface area contributed by atoms with Gasteiger partial charge in [0.15, 0.2) is 0 Å². The summed E-state index contributed by atoms with van der Waals surface area (Å²) in [5.74, 6) is 0. The van der Waals surface area contributed by atoms with E-state index in [9.17, 15) is 0 Å². The Hall–Kier alpha value is 2.48. The number of hydrogen-bond acceptors (Lipinski definition) is 0. The van der Waals surface area contributed by atoms with Crippen molar-refractivity contribution < 1.29 is 113 Å². The molecule has 0 unspecified atom stereocenters. The molecule has 0 saturated carbocycles. The Morgan fingerprint density at radius 2 is 0.444 bits per heavy atom. The molecule has 5 nitrogen and oxygen atoms in total. The van der Waals surface area contributed by atoms with Crippen molar-refractivity contribution in [3.63, 3.8) is 0 Å². The molecule has 9 heteroatoms. The third kappa shape index (κ3) is 123.